The molecule has 0 bridgehead atoms. The van der Waals surface area contributed by atoms with E-state index in [1.165, 1.54) is 24.3 Å². The highest BCUT2D eigenvalue weighted by Crippen LogP contribution is 2.32. The lowest BCUT2D eigenvalue weighted by molar-refractivity contribution is -0.138. The van der Waals surface area contributed by atoms with Gasteiger partial charge in [-0.05, 0) is 48.2 Å². The molecule has 2 aromatic rings. The highest BCUT2D eigenvalue weighted by Gasteiger charge is 2.35. The molecule has 7 heteroatoms. The fraction of sp³-hybridized carbons (Fsp3) is 0.435. The third-order valence-corrected chi connectivity index (χ3v) is 5.98. The van der Waals surface area contributed by atoms with Crippen LogP contribution in [0.4, 0.5) is 8.78 Å². The van der Waals surface area contributed by atoms with Crippen molar-refractivity contribution in [2.24, 2.45) is 0 Å². The summed E-state index contributed by atoms with van der Waals surface area (Å²) in [4.78, 5) is 14.7. The van der Waals surface area contributed by atoms with Crippen LogP contribution in [0.15, 0.2) is 48.5 Å². The molecule has 0 spiro atoms. The molecule has 1 amide bonds. The monoisotopic (exact) mass is 416 g/mol. The maximum atomic E-state index is 13.4. The van der Waals surface area contributed by atoms with Crippen LogP contribution < -0.4 is 5.32 Å². The SMILES string of the molecule is O=C(CNC1(c2ccc(F)cc2)CCOCC1)N1CCOC(c2ccc(F)cc2)C1. The van der Waals surface area contributed by atoms with Gasteiger partial charge in [-0.25, -0.2) is 8.78 Å². The van der Waals surface area contributed by atoms with E-state index >= 15 is 0 Å². The Bertz CT molecular complexity index is 852. The van der Waals surface area contributed by atoms with Gasteiger partial charge in [-0.1, -0.05) is 24.3 Å². The van der Waals surface area contributed by atoms with Gasteiger partial charge < -0.3 is 14.4 Å². The smallest absolute Gasteiger partial charge is 0.236 e. The Morgan fingerprint density at radius 2 is 1.63 bits per heavy atom. The zero-order valence-corrected chi connectivity index (χ0v) is 16.8. The molecule has 1 atom stereocenters. The molecule has 160 valence electrons. The number of nitrogens with zero attached hydrogens (tertiary/aromatic N) is 1. The van der Waals surface area contributed by atoms with Crippen LogP contribution in [0.25, 0.3) is 0 Å². The van der Waals surface area contributed by atoms with E-state index in [1.807, 2.05) is 0 Å². The number of amides is 1. The number of rotatable bonds is 5. The molecule has 2 aliphatic heterocycles. The van der Waals surface area contributed by atoms with E-state index in [-0.39, 0.29) is 30.2 Å². The molecular formula is C23H26F2N2O3. The minimum atomic E-state index is -0.412. The number of carbonyl (C=O) groups is 1. The Morgan fingerprint density at radius 3 is 2.30 bits per heavy atom. The Morgan fingerprint density at radius 1 is 1.00 bits per heavy atom. The van der Waals surface area contributed by atoms with Gasteiger partial charge in [-0.3, -0.25) is 10.1 Å². The largest absolute Gasteiger partial charge is 0.381 e. The predicted octanol–water partition coefficient (Wildman–Crippen LogP) is 3.16. The first-order valence-electron chi connectivity index (χ1n) is 10.3. The van der Waals surface area contributed by atoms with E-state index in [1.54, 1.807) is 29.2 Å². The molecule has 2 heterocycles. The van der Waals surface area contributed by atoms with Crippen molar-refractivity contribution in [3.05, 3.63) is 71.3 Å². The lowest BCUT2D eigenvalue weighted by Gasteiger charge is -2.40. The fourth-order valence-electron chi connectivity index (χ4n) is 4.17. The maximum Gasteiger partial charge on any atom is 0.236 e. The Balaban J connectivity index is 1.41. The summed E-state index contributed by atoms with van der Waals surface area (Å²) in [6.07, 6.45) is 1.16. The van der Waals surface area contributed by atoms with E-state index in [2.05, 4.69) is 5.32 Å². The third kappa shape index (κ3) is 4.69. The minimum absolute atomic E-state index is 0.0154. The second kappa shape index (κ2) is 9.20. The summed E-state index contributed by atoms with van der Waals surface area (Å²) < 4.78 is 37.9. The summed E-state index contributed by atoms with van der Waals surface area (Å²) in [5, 5.41) is 3.45. The first kappa shape index (κ1) is 20.9. The molecular weight excluding hydrogens is 390 g/mol. The lowest BCUT2D eigenvalue weighted by Crippen LogP contribution is -2.52. The summed E-state index contributed by atoms with van der Waals surface area (Å²) in [5.74, 6) is -0.593. The zero-order chi connectivity index (χ0) is 21.0. The summed E-state index contributed by atoms with van der Waals surface area (Å²) >= 11 is 0. The fourth-order valence-corrected chi connectivity index (χ4v) is 4.17. The van der Waals surface area contributed by atoms with E-state index in [0.29, 0.717) is 45.8 Å². The van der Waals surface area contributed by atoms with E-state index in [4.69, 9.17) is 9.47 Å². The van der Waals surface area contributed by atoms with Gasteiger partial charge in [0.15, 0.2) is 0 Å². The van der Waals surface area contributed by atoms with E-state index in [0.717, 1.165) is 11.1 Å². The van der Waals surface area contributed by atoms with Crippen molar-refractivity contribution in [3.8, 4) is 0 Å². The average Bonchev–Trinajstić information content (AvgIpc) is 2.79. The van der Waals surface area contributed by atoms with Crippen molar-refractivity contribution in [2.45, 2.75) is 24.5 Å². The van der Waals surface area contributed by atoms with Crippen LogP contribution in [0, 0.1) is 11.6 Å². The van der Waals surface area contributed by atoms with Crippen LogP contribution in [0.1, 0.15) is 30.1 Å². The third-order valence-electron chi connectivity index (χ3n) is 5.98. The van der Waals surface area contributed by atoms with Crippen LogP contribution >= 0.6 is 0 Å². The highest BCUT2D eigenvalue weighted by molar-refractivity contribution is 5.78. The molecule has 0 aromatic heterocycles. The number of hydrogen-bond acceptors (Lipinski definition) is 4. The molecule has 0 radical (unpaired) electrons. The average molecular weight is 416 g/mol. The van der Waals surface area contributed by atoms with Crippen LogP contribution in [-0.2, 0) is 19.8 Å². The van der Waals surface area contributed by atoms with E-state index in [9.17, 15) is 13.6 Å². The van der Waals surface area contributed by atoms with Gasteiger partial charge in [0.25, 0.3) is 0 Å². The summed E-state index contributed by atoms with van der Waals surface area (Å²) in [5.41, 5.74) is 1.41. The standard InChI is InChI=1S/C23H26F2N2O3/c24-19-5-1-17(2-6-19)21-16-27(11-14-30-21)22(28)15-26-23(9-12-29-13-10-23)18-3-7-20(25)8-4-18/h1-8,21,26H,9-16H2. The first-order valence-corrected chi connectivity index (χ1v) is 10.3. The number of ether oxygens (including phenoxy) is 2. The molecule has 0 aliphatic carbocycles. The molecule has 2 fully saturated rings. The van der Waals surface area contributed by atoms with Crippen LogP contribution in [0.3, 0.4) is 0 Å². The summed E-state index contributed by atoms with van der Waals surface area (Å²) in [6, 6.07) is 12.6. The molecule has 2 aliphatic rings. The van der Waals surface area contributed by atoms with Crippen LogP contribution in [0.2, 0.25) is 0 Å². The van der Waals surface area contributed by atoms with Gasteiger partial charge in [0.1, 0.15) is 17.7 Å². The van der Waals surface area contributed by atoms with Crippen molar-refractivity contribution in [1.29, 1.82) is 0 Å². The molecule has 1 unspecified atom stereocenters. The number of nitrogens with one attached hydrogen (secondary N) is 1. The molecule has 30 heavy (non-hydrogen) atoms. The number of hydrogen-bond donors (Lipinski definition) is 1. The van der Waals surface area contributed by atoms with Crippen molar-refractivity contribution < 1.29 is 23.0 Å². The van der Waals surface area contributed by atoms with Crippen LogP contribution in [0.5, 0.6) is 0 Å². The Hall–Kier alpha value is -2.35. The Labute approximate surface area is 175 Å². The molecule has 5 nitrogen and oxygen atoms in total. The van der Waals surface area contributed by atoms with Crippen molar-refractivity contribution in [3.63, 3.8) is 0 Å². The van der Waals surface area contributed by atoms with Gasteiger partial charge in [0.2, 0.25) is 5.91 Å². The number of benzene rings is 2. The molecule has 0 saturated carbocycles. The molecule has 1 N–H and O–H groups in total. The molecule has 2 saturated heterocycles. The van der Waals surface area contributed by atoms with Gasteiger partial charge in [0, 0.05) is 25.3 Å². The van der Waals surface area contributed by atoms with Crippen molar-refractivity contribution in [2.75, 3.05) is 39.5 Å². The minimum Gasteiger partial charge on any atom is -0.381 e. The van der Waals surface area contributed by atoms with Gasteiger partial charge in [0.05, 0.1) is 19.7 Å². The van der Waals surface area contributed by atoms with Crippen molar-refractivity contribution in [1.82, 2.24) is 10.2 Å². The summed E-state index contributed by atoms with van der Waals surface area (Å²) in [7, 11) is 0. The van der Waals surface area contributed by atoms with Crippen molar-refractivity contribution >= 4 is 5.91 Å². The van der Waals surface area contributed by atoms with Gasteiger partial charge in [-0.15, -0.1) is 0 Å². The first-order chi connectivity index (χ1) is 14.6. The van der Waals surface area contributed by atoms with Gasteiger partial charge in [-0.2, -0.15) is 0 Å². The predicted molar refractivity (Wildman–Crippen MR) is 108 cm³/mol. The number of morpholine rings is 1. The second-order valence-corrected chi connectivity index (χ2v) is 7.81. The molecule has 2 aromatic carbocycles. The Kier molecular flexibility index (Phi) is 6.41. The summed E-state index contributed by atoms with van der Waals surface area (Å²) in [6.45, 7) is 2.73. The number of carbonyl (C=O) groups excluding carboxylic acids is 1. The quantitative estimate of drug-likeness (QED) is 0.814. The maximum absolute atomic E-state index is 13.4. The number of halogens is 2. The normalized spacial score (nSPS) is 21.4. The van der Waals surface area contributed by atoms with Gasteiger partial charge >= 0.3 is 0 Å². The second-order valence-electron chi connectivity index (χ2n) is 7.81. The zero-order valence-electron chi connectivity index (χ0n) is 16.8. The van der Waals surface area contributed by atoms with E-state index < -0.39 is 5.54 Å². The topological polar surface area (TPSA) is 50.8 Å². The highest BCUT2D eigenvalue weighted by atomic mass is 19.1. The van der Waals surface area contributed by atoms with Crippen LogP contribution in [-0.4, -0.2) is 50.3 Å². The molecule has 4 rings (SSSR count). The lowest BCUT2D eigenvalue weighted by atomic mass is 9.82.